The van der Waals surface area contributed by atoms with Crippen LogP contribution in [0.3, 0.4) is 0 Å². The van der Waals surface area contributed by atoms with Crippen molar-refractivity contribution < 1.29 is 32.2 Å². The van der Waals surface area contributed by atoms with Crippen molar-refractivity contribution in [2.75, 3.05) is 11.9 Å². The van der Waals surface area contributed by atoms with E-state index in [0.29, 0.717) is 23.0 Å². The quantitative estimate of drug-likeness (QED) is 0.680. The molecule has 1 atom stereocenters. The van der Waals surface area contributed by atoms with E-state index in [4.69, 9.17) is 32.7 Å². The molecule has 0 saturated carbocycles. The number of halogens is 5. The van der Waals surface area contributed by atoms with Crippen LogP contribution in [0.5, 0.6) is 5.75 Å². The summed E-state index contributed by atoms with van der Waals surface area (Å²) in [6.07, 6.45) is -5.12. The molecule has 1 aromatic carbocycles. The lowest BCUT2D eigenvalue weighted by Gasteiger charge is -2.14. The average molecular weight is 437 g/mol. The number of hydrogen-bond donors (Lipinski definition) is 1. The van der Waals surface area contributed by atoms with E-state index in [1.54, 1.807) is 18.2 Å². The highest BCUT2D eigenvalue weighted by Crippen LogP contribution is 2.32. The molecule has 28 heavy (non-hydrogen) atoms. The number of nitrogens with one attached hydrogen (secondary N) is 1. The highest BCUT2D eigenvalue weighted by Gasteiger charge is 2.31. The van der Waals surface area contributed by atoms with Crippen molar-refractivity contribution in [2.24, 2.45) is 0 Å². The maximum Gasteiger partial charge on any atom is 0.417 e. The monoisotopic (exact) mass is 436 g/mol. The van der Waals surface area contributed by atoms with E-state index in [-0.39, 0.29) is 5.82 Å². The van der Waals surface area contributed by atoms with Gasteiger partial charge in [-0.25, -0.2) is 9.78 Å². The molecule has 0 spiro atoms. The van der Waals surface area contributed by atoms with Crippen molar-refractivity contribution in [3.63, 3.8) is 0 Å². The Hall–Kier alpha value is -2.52. The summed E-state index contributed by atoms with van der Waals surface area (Å²) in [5.41, 5.74) is -1.06. The molecule has 1 aromatic heterocycles. The normalized spacial score (nSPS) is 12.2. The second-order valence-electron chi connectivity index (χ2n) is 5.43. The van der Waals surface area contributed by atoms with Crippen LogP contribution in [0.1, 0.15) is 12.5 Å². The first-order valence-corrected chi connectivity index (χ1v) is 8.43. The van der Waals surface area contributed by atoms with E-state index in [1.165, 1.54) is 13.0 Å². The van der Waals surface area contributed by atoms with Gasteiger partial charge in [0.15, 0.2) is 18.5 Å². The molecule has 6 nitrogen and oxygen atoms in total. The Labute approximate surface area is 167 Å². The molecular weight excluding hydrogens is 424 g/mol. The summed E-state index contributed by atoms with van der Waals surface area (Å²) in [7, 11) is 0. The van der Waals surface area contributed by atoms with E-state index in [9.17, 15) is 22.8 Å². The lowest BCUT2D eigenvalue weighted by Crippen LogP contribution is -2.30. The summed E-state index contributed by atoms with van der Waals surface area (Å²) < 4.78 is 47.8. The van der Waals surface area contributed by atoms with Crippen LogP contribution in [0, 0.1) is 0 Å². The third-order valence-corrected chi connectivity index (χ3v) is 3.74. The SMILES string of the molecule is CC(Oc1cccc(Cl)c1)C(=O)OCC(=O)Nc1ncc(C(F)(F)F)cc1Cl. The number of alkyl halides is 3. The number of hydrogen-bond acceptors (Lipinski definition) is 5. The maximum absolute atomic E-state index is 12.6. The van der Waals surface area contributed by atoms with Gasteiger partial charge in [0.1, 0.15) is 5.75 Å². The summed E-state index contributed by atoms with van der Waals surface area (Å²) in [5, 5.41) is 2.16. The van der Waals surface area contributed by atoms with Gasteiger partial charge in [0, 0.05) is 11.2 Å². The predicted molar refractivity (Wildman–Crippen MR) is 95.4 cm³/mol. The van der Waals surface area contributed by atoms with Crippen LogP contribution in [-0.4, -0.2) is 29.6 Å². The molecule has 1 N–H and O–H groups in total. The molecule has 2 aromatic rings. The highest BCUT2D eigenvalue weighted by atomic mass is 35.5. The number of carbonyl (C=O) groups excluding carboxylic acids is 2. The summed E-state index contributed by atoms with van der Waals surface area (Å²) in [4.78, 5) is 27.1. The second kappa shape index (κ2) is 9.11. The largest absolute Gasteiger partial charge is 0.479 e. The Balaban J connectivity index is 1.87. The molecule has 1 heterocycles. The number of nitrogens with zero attached hydrogens (tertiary/aromatic N) is 1. The molecule has 0 aliphatic rings. The van der Waals surface area contributed by atoms with Gasteiger partial charge in [-0.3, -0.25) is 4.79 Å². The van der Waals surface area contributed by atoms with Gasteiger partial charge in [0.2, 0.25) is 0 Å². The van der Waals surface area contributed by atoms with Gasteiger partial charge < -0.3 is 14.8 Å². The van der Waals surface area contributed by atoms with E-state index in [0.717, 1.165) is 0 Å². The lowest BCUT2D eigenvalue weighted by molar-refractivity contribution is -0.153. The minimum Gasteiger partial charge on any atom is -0.479 e. The number of anilines is 1. The van der Waals surface area contributed by atoms with E-state index >= 15 is 0 Å². The summed E-state index contributed by atoms with van der Waals surface area (Å²) in [5.74, 6) is -1.62. The Morgan fingerprint density at radius 1 is 1.25 bits per heavy atom. The Morgan fingerprint density at radius 3 is 2.57 bits per heavy atom. The second-order valence-corrected chi connectivity index (χ2v) is 6.27. The zero-order chi connectivity index (χ0) is 20.9. The standard InChI is InChI=1S/C17H13Cl2F3N2O4/c1-9(28-12-4-2-3-11(18)6-12)16(26)27-8-14(25)24-15-13(19)5-10(7-23-15)17(20,21)22/h2-7,9H,8H2,1H3,(H,23,24,25). The number of aromatic nitrogens is 1. The van der Waals surface area contributed by atoms with Crippen LogP contribution in [0.2, 0.25) is 10.0 Å². The smallest absolute Gasteiger partial charge is 0.417 e. The summed E-state index contributed by atoms with van der Waals surface area (Å²) in [6, 6.07) is 6.96. The van der Waals surface area contributed by atoms with Crippen molar-refractivity contribution in [2.45, 2.75) is 19.2 Å². The molecule has 2 rings (SSSR count). The van der Waals surface area contributed by atoms with Gasteiger partial charge in [-0.2, -0.15) is 13.2 Å². The molecule has 0 fully saturated rings. The van der Waals surface area contributed by atoms with Crippen LogP contribution in [0.4, 0.5) is 19.0 Å². The molecule has 150 valence electrons. The maximum atomic E-state index is 12.6. The molecule has 0 saturated heterocycles. The van der Waals surface area contributed by atoms with E-state index in [2.05, 4.69) is 10.3 Å². The van der Waals surface area contributed by atoms with Gasteiger partial charge >= 0.3 is 12.1 Å². The van der Waals surface area contributed by atoms with Gasteiger partial charge in [-0.15, -0.1) is 0 Å². The number of ether oxygens (including phenoxy) is 2. The van der Waals surface area contributed by atoms with Gasteiger partial charge in [-0.1, -0.05) is 29.3 Å². The third kappa shape index (κ3) is 6.28. The van der Waals surface area contributed by atoms with Crippen LogP contribution in [0.15, 0.2) is 36.5 Å². The summed E-state index contributed by atoms with van der Waals surface area (Å²) in [6.45, 7) is 0.705. The van der Waals surface area contributed by atoms with Crippen molar-refractivity contribution in [1.29, 1.82) is 0 Å². The van der Waals surface area contributed by atoms with Crippen LogP contribution >= 0.6 is 23.2 Å². The van der Waals surface area contributed by atoms with E-state index in [1.807, 2.05) is 0 Å². The zero-order valence-electron chi connectivity index (χ0n) is 14.2. The molecule has 1 amide bonds. The fourth-order valence-corrected chi connectivity index (χ4v) is 2.29. The predicted octanol–water partition coefficient (Wildman–Crippen LogP) is 4.36. The molecule has 0 bridgehead atoms. The minimum absolute atomic E-state index is 0.293. The molecule has 0 aliphatic heterocycles. The number of benzene rings is 1. The number of pyridine rings is 1. The first-order valence-electron chi connectivity index (χ1n) is 7.67. The molecule has 0 aliphatic carbocycles. The fourth-order valence-electron chi connectivity index (χ4n) is 1.90. The van der Waals surface area contributed by atoms with Crippen LogP contribution in [-0.2, 0) is 20.5 Å². The van der Waals surface area contributed by atoms with Crippen molar-refractivity contribution in [3.05, 3.63) is 52.1 Å². The van der Waals surface area contributed by atoms with Gasteiger partial charge in [0.25, 0.3) is 5.91 Å². The van der Waals surface area contributed by atoms with E-state index < -0.39 is 41.3 Å². The number of esters is 1. The van der Waals surface area contributed by atoms with Crippen molar-refractivity contribution in [1.82, 2.24) is 4.98 Å². The zero-order valence-corrected chi connectivity index (χ0v) is 15.7. The summed E-state index contributed by atoms with van der Waals surface area (Å²) >= 11 is 11.5. The number of carbonyl (C=O) groups is 2. The highest BCUT2D eigenvalue weighted by molar-refractivity contribution is 6.33. The van der Waals surface area contributed by atoms with Crippen molar-refractivity contribution in [3.8, 4) is 5.75 Å². The Morgan fingerprint density at radius 2 is 1.96 bits per heavy atom. The first-order chi connectivity index (χ1) is 13.1. The Kier molecular flexibility index (Phi) is 7.09. The molecular formula is C17H13Cl2F3N2O4. The van der Waals surface area contributed by atoms with Gasteiger partial charge in [-0.05, 0) is 31.2 Å². The third-order valence-electron chi connectivity index (χ3n) is 3.21. The average Bonchev–Trinajstić information content (AvgIpc) is 2.60. The Bertz CT molecular complexity index is 878. The van der Waals surface area contributed by atoms with Gasteiger partial charge in [0.05, 0.1) is 10.6 Å². The number of amides is 1. The topological polar surface area (TPSA) is 77.5 Å². The molecule has 1 unspecified atom stereocenters. The fraction of sp³-hybridized carbons (Fsp3) is 0.235. The molecule has 0 radical (unpaired) electrons. The van der Waals surface area contributed by atoms with Crippen molar-refractivity contribution >= 4 is 40.9 Å². The minimum atomic E-state index is -4.62. The number of rotatable bonds is 6. The lowest BCUT2D eigenvalue weighted by atomic mass is 10.3. The van der Waals surface area contributed by atoms with Crippen LogP contribution in [0.25, 0.3) is 0 Å². The molecule has 11 heteroatoms. The van der Waals surface area contributed by atoms with Crippen LogP contribution < -0.4 is 10.1 Å². The first kappa shape index (κ1) is 21.8.